The molecule has 2 aliphatic rings. The van der Waals surface area contributed by atoms with Gasteiger partial charge in [-0.15, -0.1) is 23.1 Å². The maximum Gasteiger partial charge on any atom is 0.320 e. The fraction of sp³-hybridized carbons (Fsp3) is 0.647. The summed E-state index contributed by atoms with van der Waals surface area (Å²) in [4.78, 5) is 28.6. The van der Waals surface area contributed by atoms with Gasteiger partial charge in [-0.1, -0.05) is 12.8 Å². The minimum atomic E-state index is -0.251. The number of esters is 1. The van der Waals surface area contributed by atoms with Gasteiger partial charge in [0.25, 0.3) is 5.91 Å². The SMILES string of the molecule is COC(=O)[C@H]1CN(C(=O)c2cc3c(s2)CCCCCC3)CCS1. The zero-order valence-electron chi connectivity index (χ0n) is 13.5. The first-order valence-corrected chi connectivity index (χ1v) is 10.2. The second kappa shape index (κ2) is 7.71. The van der Waals surface area contributed by atoms with Gasteiger partial charge < -0.3 is 9.64 Å². The minimum Gasteiger partial charge on any atom is -0.468 e. The van der Waals surface area contributed by atoms with Crippen LogP contribution in [0, 0.1) is 0 Å². The van der Waals surface area contributed by atoms with Crippen LogP contribution in [0.5, 0.6) is 0 Å². The molecular weight excluding hydrogens is 330 g/mol. The van der Waals surface area contributed by atoms with E-state index >= 15 is 0 Å². The highest BCUT2D eigenvalue weighted by Gasteiger charge is 2.31. The number of methoxy groups -OCH3 is 1. The number of hydrogen-bond donors (Lipinski definition) is 0. The summed E-state index contributed by atoms with van der Waals surface area (Å²) >= 11 is 3.24. The molecule has 0 spiro atoms. The fourth-order valence-corrected chi connectivity index (χ4v) is 5.56. The Kier molecular flexibility index (Phi) is 5.64. The second-order valence-electron chi connectivity index (χ2n) is 6.11. The number of thioether (sulfide) groups is 1. The van der Waals surface area contributed by atoms with Crippen molar-refractivity contribution in [3.8, 4) is 0 Å². The Hall–Kier alpha value is -1.01. The lowest BCUT2D eigenvalue weighted by Gasteiger charge is -2.30. The van der Waals surface area contributed by atoms with Crippen LogP contribution in [0.1, 0.15) is 45.8 Å². The van der Waals surface area contributed by atoms with E-state index in [1.807, 2.05) is 4.90 Å². The number of aryl methyl sites for hydroxylation is 2. The Morgan fingerprint density at radius 2 is 2.00 bits per heavy atom. The van der Waals surface area contributed by atoms with Crippen molar-refractivity contribution in [2.45, 2.75) is 43.8 Å². The molecule has 0 unspecified atom stereocenters. The highest BCUT2D eigenvalue weighted by Crippen LogP contribution is 2.30. The predicted molar refractivity (Wildman–Crippen MR) is 94.4 cm³/mol. The van der Waals surface area contributed by atoms with Crippen molar-refractivity contribution < 1.29 is 14.3 Å². The maximum absolute atomic E-state index is 12.8. The second-order valence-corrected chi connectivity index (χ2v) is 8.55. The van der Waals surface area contributed by atoms with Crippen LogP contribution >= 0.6 is 23.1 Å². The molecule has 1 saturated heterocycles. The van der Waals surface area contributed by atoms with Crippen LogP contribution in [0.2, 0.25) is 0 Å². The van der Waals surface area contributed by atoms with Crippen LogP contribution in [0.4, 0.5) is 0 Å². The summed E-state index contributed by atoms with van der Waals surface area (Å²) in [6.07, 6.45) is 7.25. The van der Waals surface area contributed by atoms with E-state index in [4.69, 9.17) is 4.74 Å². The highest BCUT2D eigenvalue weighted by molar-refractivity contribution is 8.00. The Morgan fingerprint density at radius 1 is 1.22 bits per heavy atom. The summed E-state index contributed by atoms with van der Waals surface area (Å²) in [5.74, 6) is 0.637. The summed E-state index contributed by atoms with van der Waals surface area (Å²) in [6.45, 7) is 1.16. The first-order valence-electron chi connectivity index (χ1n) is 8.29. The van der Waals surface area contributed by atoms with Crippen molar-refractivity contribution in [3.63, 3.8) is 0 Å². The third kappa shape index (κ3) is 3.91. The van der Waals surface area contributed by atoms with Crippen molar-refractivity contribution in [2.75, 3.05) is 26.0 Å². The summed E-state index contributed by atoms with van der Waals surface area (Å²) in [7, 11) is 1.41. The normalized spacial score (nSPS) is 22.0. The van der Waals surface area contributed by atoms with Crippen molar-refractivity contribution in [1.29, 1.82) is 0 Å². The lowest BCUT2D eigenvalue weighted by Crippen LogP contribution is -2.44. The molecule has 1 atom stereocenters. The first kappa shape index (κ1) is 16.8. The molecule has 2 heterocycles. The lowest BCUT2D eigenvalue weighted by atomic mass is 10.00. The van der Waals surface area contributed by atoms with E-state index in [0.29, 0.717) is 13.1 Å². The Morgan fingerprint density at radius 3 is 2.78 bits per heavy atom. The summed E-state index contributed by atoms with van der Waals surface area (Å²) in [5, 5.41) is -0.251. The predicted octanol–water partition coefficient (Wildman–Crippen LogP) is 3.14. The summed E-state index contributed by atoms with van der Waals surface area (Å²) in [5.41, 5.74) is 1.37. The van der Waals surface area contributed by atoms with Gasteiger partial charge in [0.15, 0.2) is 0 Å². The maximum atomic E-state index is 12.8. The van der Waals surface area contributed by atoms with Crippen molar-refractivity contribution in [1.82, 2.24) is 4.90 Å². The molecule has 0 bridgehead atoms. The molecule has 1 amide bonds. The quantitative estimate of drug-likeness (QED) is 0.767. The topological polar surface area (TPSA) is 46.6 Å². The molecule has 0 N–H and O–H groups in total. The van der Waals surface area contributed by atoms with Gasteiger partial charge in [0, 0.05) is 23.7 Å². The highest BCUT2D eigenvalue weighted by atomic mass is 32.2. The van der Waals surface area contributed by atoms with E-state index in [9.17, 15) is 9.59 Å². The number of carbonyl (C=O) groups excluding carboxylic acids is 2. The van der Waals surface area contributed by atoms with Gasteiger partial charge in [0.2, 0.25) is 0 Å². The van der Waals surface area contributed by atoms with E-state index in [-0.39, 0.29) is 17.1 Å². The molecule has 1 fully saturated rings. The third-order valence-electron chi connectivity index (χ3n) is 4.53. The number of ether oxygens (including phenoxy) is 1. The van der Waals surface area contributed by atoms with Crippen molar-refractivity contribution in [3.05, 3.63) is 21.4 Å². The molecule has 126 valence electrons. The van der Waals surface area contributed by atoms with Crippen LogP contribution < -0.4 is 0 Å². The molecule has 1 aromatic heterocycles. The summed E-state index contributed by atoms with van der Waals surface area (Å²) < 4.78 is 4.82. The molecule has 0 radical (unpaired) electrons. The molecular formula is C17H23NO3S2. The van der Waals surface area contributed by atoms with Gasteiger partial charge in [-0.3, -0.25) is 9.59 Å². The monoisotopic (exact) mass is 353 g/mol. The molecule has 23 heavy (non-hydrogen) atoms. The van der Waals surface area contributed by atoms with E-state index in [0.717, 1.165) is 23.5 Å². The first-order chi connectivity index (χ1) is 11.2. The van der Waals surface area contributed by atoms with Crippen LogP contribution in [0.3, 0.4) is 0 Å². The lowest BCUT2D eigenvalue weighted by molar-refractivity contribution is -0.140. The fourth-order valence-electron chi connectivity index (χ4n) is 3.21. The standard InChI is InChI=1S/C17H23NO3S2/c1-21-17(20)15-11-18(8-9-22-15)16(19)14-10-12-6-4-2-3-5-7-13(12)23-14/h10,15H,2-9,11H2,1H3/t15-/m1/s1. The zero-order valence-corrected chi connectivity index (χ0v) is 15.1. The smallest absolute Gasteiger partial charge is 0.320 e. The molecule has 3 rings (SSSR count). The van der Waals surface area contributed by atoms with Crippen molar-refractivity contribution in [2.24, 2.45) is 0 Å². The molecule has 6 heteroatoms. The van der Waals surface area contributed by atoms with Crippen LogP contribution in [-0.4, -0.2) is 48.0 Å². The van der Waals surface area contributed by atoms with Crippen molar-refractivity contribution >= 4 is 35.0 Å². The molecule has 1 aliphatic carbocycles. The van der Waals surface area contributed by atoms with Gasteiger partial charge in [-0.2, -0.15) is 0 Å². The number of hydrogen-bond acceptors (Lipinski definition) is 5. The zero-order chi connectivity index (χ0) is 16.2. The third-order valence-corrected chi connectivity index (χ3v) is 6.91. The van der Waals surface area contributed by atoms with Crippen LogP contribution in [0.15, 0.2) is 6.07 Å². The van der Waals surface area contributed by atoms with E-state index in [1.165, 1.54) is 43.2 Å². The van der Waals surface area contributed by atoms with Crippen LogP contribution in [0.25, 0.3) is 0 Å². The van der Waals surface area contributed by atoms with Gasteiger partial charge in [0.05, 0.1) is 12.0 Å². The molecule has 1 aromatic rings. The van der Waals surface area contributed by atoms with Gasteiger partial charge >= 0.3 is 5.97 Å². The van der Waals surface area contributed by atoms with E-state index in [1.54, 1.807) is 23.1 Å². The molecule has 0 saturated carbocycles. The van der Waals surface area contributed by atoms with Gasteiger partial charge in [-0.05, 0) is 37.3 Å². The summed E-state index contributed by atoms with van der Waals surface area (Å²) in [6, 6.07) is 2.10. The van der Waals surface area contributed by atoms with Crippen LogP contribution in [-0.2, 0) is 22.4 Å². The average Bonchev–Trinajstić information content (AvgIpc) is 2.95. The number of nitrogens with zero attached hydrogens (tertiary/aromatic N) is 1. The Labute approximate surface area is 145 Å². The molecule has 1 aliphatic heterocycles. The Bertz CT molecular complexity index is 559. The molecule has 4 nitrogen and oxygen atoms in total. The van der Waals surface area contributed by atoms with E-state index < -0.39 is 0 Å². The molecule has 0 aromatic carbocycles. The average molecular weight is 354 g/mol. The Balaban J connectivity index is 1.72. The van der Waals surface area contributed by atoms with Gasteiger partial charge in [0.1, 0.15) is 5.25 Å². The largest absolute Gasteiger partial charge is 0.468 e. The number of rotatable bonds is 2. The number of thiophene rings is 1. The van der Waals surface area contributed by atoms with E-state index in [2.05, 4.69) is 6.07 Å². The number of amides is 1. The minimum absolute atomic E-state index is 0.0796. The number of fused-ring (bicyclic) bond motifs is 1. The number of carbonyl (C=O) groups is 2. The van der Waals surface area contributed by atoms with Gasteiger partial charge in [-0.25, -0.2) is 0 Å².